The van der Waals surface area contributed by atoms with Crippen molar-refractivity contribution in [3.05, 3.63) is 30.3 Å². The molecule has 5 heteroatoms. The summed E-state index contributed by atoms with van der Waals surface area (Å²) in [4.78, 5) is 2.83. The molecular weight excluding hydrogens is 284 g/mol. The van der Waals surface area contributed by atoms with Gasteiger partial charge < -0.3 is 0 Å². The number of rotatable bonds is 5. The highest BCUT2D eigenvalue weighted by Crippen LogP contribution is 2.37. The minimum atomic E-state index is -3.37. The van der Waals surface area contributed by atoms with Gasteiger partial charge in [-0.3, -0.25) is 4.90 Å². The monoisotopic (exact) mass is 308 g/mol. The molecule has 4 atom stereocenters. The molecular formula is C16H24N2O2S. The molecule has 0 aliphatic carbocycles. The molecule has 1 unspecified atom stereocenters. The van der Waals surface area contributed by atoms with Gasteiger partial charge in [0.2, 0.25) is 10.0 Å². The normalized spacial score (nSPS) is 32.2. The fraction of sp³-hybridized carbons (Fsp3) is 0.625. The standard InChI is InChI=1S/C16H24N2O2S/c1-2-13-12-18-9-8-14(13)10-15(18)11-17-21(19,20)16-6-4-3-5-7-16/h3-7,13-15,17H,2,8-12H2,1H3/t13-,14-,15+/m0/s1. The Hall–Kier alpha value is -0.910. The molecule has 1 aromatic rings. The van der Waals surface area contributed by atoms with Gasteiger partial charge in [0, 0.05) is 19.1 Å². The molecule has 4 rings (SSSR count). The van der Waals surface area contributed by atoms with Crippen molar-refractivity contribution in [2.24, 2.45) is 11.8 Å². The molecule has 4 nitrogen and oxygen atoms in total. The molecule has 0 amide bonds. The maximum Gasteiger partial charge on any atom is 0.240 e. The summed E-state index contributed by atoms with van der Waals surface area (Å²) in [6.45, 7) is 5.06. The van der Waals surface area contributed by atoms with E-state index in [4.69, 9.17) is 0 Å². The summed E-state index contributed by atoms with van der Waals surface area (Å²) in [6.07, 6.45) is 3.65. The first kappa shape index (κ1) is 15.0. The first-order valence-corrected chi connectivity index (χ1v) is 9.37. The highest BCUT2D eigenvalue weighted by atomic mass is 32.2. The van der Waals surface area contributed by atoms with E-state index >= 15 is 0 Å². The van der Waals surface area contributed by atoms with Crippen LogP contribution in [0.4, 0.5) is 0 Å². The number of piperidine rings is 3. The first-order valence-electron chi connectivity index (χ1n) is 7.89. The highest BCUT2D eigenvalue weighted by molar-refractivity contribution is 7.89. The molecule has 3 heterocycles. The predicted octanol–water partition coefficient (Wildman–Crippen LogP) is 2.09. The van der Waals surface area contributed by atoms with E-state index in [9.17, 15) is 8.42 Å². The van der Waals surface area contributed by atoms with Crippen LogP contribution in [0.2, 0.25) is 0 Å². The topological polar surface area (TPSA) is 49.4 Å². The lowest BCUT2D eigenvalue weighted by atomic mass is 9.74. The van der Waals surface area contributed by atoms with E-state index < -0.39 is 10.0 Å². The number of nitrogens with zero attached hydrogens (tertiary/aromatic N) is 1. The van der Waals surface area contributed by atoms with Gasteiger partial charge in [-0.25, -0.2) is 13.1 Å². The molecule has 21 heavy (non-hydrogen) atoms. The van der Waals surface area contributed by atoms with Gasteiger partial charge in [-0.1, -0.05) is 31.5 Å². The summed E-state index contributed by atoms with van der Waals surface area (Å²) in [5.41, 5.74) is 0. The molecule has 3 saturated heterocycles. The lowest BCUT2D eigenvalue weighted by molar-refractivity contribution is 0.00236. The van der Waals surface area contributed by atoms with Gasteiger partial charge in [0.15, 0.2) is 0 Å². The molecule has 3 aliphatic heterocycles. The molecule has 0 radical (unpaired) electrons. The minimum Gasteiger partial charge on any atom is -0.299 e. The van der Waals surface area contributed by atoms with Crippen LogP contribution < -0.4 is 4.72 Å². The largest absolute Gasteiger partial charge is 0.299 e. The van der Waals surface area contributed by atoms with Crippen molar-refractivity contribution in [2.45, 2.75) is 37.1 Å². The first-order chi connectivity index (χ1) is 10.1. The molecule has 0 spiro atoms. The van der Waals surface area contributed by atoms with E-state index in [0.717, 1.165) is 31.3 Å². The Balaban J connectivity index is 1.62. The van der Waals surface area contributed by atoms with Crippen molar-refractivity contribution < 1.29 is 8.42 Å². The zero-order valence-corrected chi connectivity index (χ0v) is 13.3. The summed E-state index contributed by atoms with van der Waals surface area (Å²) in [5.74, 6) is 1.59. The molecule has 1 aromatic carbocycles. The smallest absolute Gasteiger partial charge is 0.240 e. The molecule has 3 aliphatic rings. The predicted molar refractivity (Wildman–Crippen MR) is 83.5 cm³/mol. The lowest BCUT2D eigenvalue weighted by Crippen LogP contribution is -2.56. The average Bonchev–Trinajstić information content (AvgIpc) is 2.54. The van der Waals surface area contributed by atoms with Gasteiger partial charge in [-0.05, 0) is 43.4 Å². The van der Waals surface area contributed by atoms with E-state index in [1.807, 2.05) is 6.07 Å². The Labute approximate surface area is 127 Å². The van der Waals surface area contributed by atoms with Gasteiger partial charge in [0.1, 0.15) is 0 Å². The highest BCUT2D eigenvalue weighted by Gasteiger charge is 2.39. The summed E-state index contributed by atoms with van der Waals surface area (Å²) < 4.78 is 27.3. The van der Waals surface area contributed by atoms with E-state index in [1.54, 1.807) is 24.3 Å². The maximum atomic E-state index is 12.3. The summed E-state index contributed by atoms with van der Waals surface area (Å²) in [6, 6.07) is 8.99. The fourth-order valence-electron chi connectivity index (χ4n) is 3.81. The van der Waals surface area contributed by atoms with Crippen molar-refractivity contribution in [1.82, 2.24) is 9.62 Å². The Morgan fingerprint density at radius 1 is 1.29 bits per heavy atom. The second-order valence-electron chi connectivity index (χ2n) is 6.27. The van der Waals surface area contributed by atoms with E-state index in [2.05, 4.69) is 16.5 Å². The Bertz CT molecular complexity index is 573. The number of sulfonamides is 1. The van der Waals surface area contributed by atoms with Crippen molar-refractivity contribution in [2.75, 3.05) is 19.6 Å². The second kappa shape index (κ2) is 6.07. The third-order valence-electron chi connectivity index (χ3n) is 5.10. The number of hydrogen-bond donors (Lipinski definition) is 1. The van der Waals surface area contributed by atoms with Crippen LogP contribution in [0.5, 0.6) is 0 Å². The quantitative estimate of drug-likeness (QED) is 0.906. The van der Waals surface area contributed by atoms with Crippen LogP contribution >= 0.6 is 0 Å². The number of hydrogen-bond acceptors (Lipinski definition) is 3. The Kier molecular flexibility index (Phi) is 4.33. The molecule has 0 aromatic heterocycles. The molecule has 0 saturated carbocycles. The number of benzene rings is 1. The van der Waals surface area contributed by atoms with Crippen LogP contribution in [0.3, 0.4) is 0 Å². The number of nitrogens with one attached hydrogen (secondary N) is 1. The molecule has 2 bridgehead atoms. The van der Waals surface area contributed by atoms with Crippen LogP contribution in [0, 0.1) is 11.8 Å². The zero-order valence-electron chi connectivity index (χ0n) is 12.5. The van der Waals surface area contributed by atoms with Crippen molar-refractivity contribution in [3.63, 3.8) is 0 Å². The molecule has 116 valence electrons. The molecule has 1 N–H and O–H groups in total. The van der Waals surface area contributed by atoms with Crippen LogP contribution in [-0.4, -0.2) is 39.0 Å². The van der Waals surface area contributed by atoms with Gasteiger partial charge >= 0.3 is 0 Å². The molecule has 3 fully saturated rings. The SMILES string of the molecule is CC[C@H]1CN2CC[C@H]1C[C@@H]2CNS(=O)(=O)c1ccccc1. The van der Waals surface area contributed by atoms with Crippen LogP contribution in [0.1, 0.15) is 26.2 Å². The maximum absolute atomic E-state index is 12.3. The Morgan fingerprint density at radius 2 is 2.05 bits per heavy atom. The third-order valence-corrected chi connectivity index (χ3v) is 6.54. The van der Waals surface area contributed by atoms with Gasteiger partial charge in [-0.2, -0.15) is 0 Å². The van der Waals surface area contributed by atoms with E-state index in [-0.39, 0.29) is 0 Å². The van der Waals surface area contributed by atoms with Crippen LogP contribution in [0.15, 0.2) is 35.2 Å². The summed E-state index contributed by atoms with van der Waals surface area (Å²) in [7, 11) is -3.37. The summed E-state index contributed by atoms with van der Waals surface area (Å²) in [5, 5.41) is 0. The second-order valence-corrected chi connectivity index (χ2v) is 8.03. The van der Waals surface area contributed by atoms with Gasteiger partial charge in [-0.15, -0.1) is 0 Å². The van der Waals surface area contributed by atoms with Crippen LogP contribution in [-0.2, 0) is 10.0 Å². The van der Waals surface area contributed by atoms with Crippen molar-refractivity contribution in [3.8, 4) is 0 Å². The summed E-state index contributed by atoms with van der Waals surface area (Å²) >= 11 is 0. The lowest BCUT2D eigenvalue weighted by Gasteiger charge is -2.49. The number of fused-ring (bicyclic) bond motifs is 3. The minimum absolute atomic E-state index is 0.354. The zero-order chi connectivity index (χ0) is 14.9. The van der Waals surface area contributed by atoms with Crippen molar-refractivity contribution >= 4 is 10.0 Å². The van der Waals surface area contributed by atoms with Crippen molar-refractivity contribution in [1.29, 1.82) is 0 Å². The van der Waals surface area contributed by atoms with Crippen LogP contribution in [0.25, 0.3) is 0 Å². The Morgan fingerprint density at radius 3 is 2.67 bits per heavy atom. The fourth-order valence-corrected chi connectivity index (χ4v) is 4.91. The third kappa shape index (κ3) is 3.15. The van der Waals surface area contributed by atoms with Gasteiger partial charge in [0.25, 0.3) is 0 Å². The van der Waals surface area contributed by atoms with E-state index in [1.165, 1.54) is 12.8 Å². The van der Waals surface area contributed by atoms with E-state index in [0.29, 0.717) is 17.5 Å². The average molecular weight is 308 g/mol. The van der Waals surface area contributed by atoms with Gasteiger partial charge in [0.05, 0.1) is 4.90 Å².